The third-order valence-corrected chi connectivity index (χ3v) is 4.60. The fourth-order valence-electron chi connectivity index (χ4n) is 3.48. The summed E-state index contributed by atoms with van der Waals surface area (Å²) >= 11 is 0. The predicted octanol–water partition coefficient (Wildman–Crippen LogP) is 1.12. The van der Waals surface area contributed by atoms with Gasteiger partial charge in [-0.1, -0.05) is 6.08 Å². The molecule has 3 rings (SSSR count). The molecule has 0 radical (unpaired) electrons. The molecular formula is C16H20N4O2. The van der Waals surface area contributed by atoms with Crippen LogP contribution in [-0.4, -0.2) is 57.8 Å². The molecule has 2 saturated heterocycles. The first-order valence-corrected chi connectivity index (χ1v) is 7.62. The van der Waals surface area contributed by atoms with Crippen LogP contribution in [0, 0.1) is 5.41 Å². The number of nitrogens with zero attached hydrogens (tertiary/aromatic N) is 4. The van der Waals surface area contributed by atoms with Gasteiger partial charge in [-0.15, -0.1) is 6.58 Å². The number of hydrogen-bond acceptors (Lipinski definition) is 4. The van der Waals surface area contributed by atoms with Crippen LogP contribution in [0.5, 0.6) is 0 Å². The van der Waals surface area contributed by atoms with Crippen molar-refractivity contribution in [3.8, 4) is 0 Å². The van der Waals surface area contributed by atoms with Crippen LogP contribution >= 0.6 is 0 Å². The molecule has 6 heteroatoms. The van der Waals surface area contributed by atoms with E-state index in [0.717, 1.165) is 25.8 Å². The normalized spacial score (nSPS) is 24.8. The van der Waals surface area contributed by atoms with Crippen LogP contribution in [0.3, 0.4) is 0 Å². The Labute approximate surface area is 129 Å². The van der Waals surface area contributed by atoms with Crippen LogP contribution in [-0.2, 0) is 4.79 Å². The van der Waals surface area contributed by atoms with E-state index in [4.69, 9.17) is 0 Å². The molecule has 2 aliphatic rings. The molecule has 6 nitrogen and oxygen atoms in total. The van der Waals surface area contributed by atoms with Crippen molar-refractivity contribution in [1.29, 1.82) is 0 Å². The second-order valence-corrected chi connectivity index (χ2v) is 5.99. The lowest BCUT2D eigenvalue weighted by molar-refractivity contribution is -0.137. The van der Waals surface area contributed by atoms with Crippen molar-refractivity contribution in [3.05, 3.63) is 36.9 Å². The van der Waals surface area contributed by atoms with Gasteiger partial charge in [-0.2, -0.15) is 0 Å². The summed E-state index contributed by atoms with van der Waals surface area (Å²) < 4.78 is 0. The van der Waals surface area contributed by atoms with Crippen molar-refractivity contribution in [1.82, 2.24) is 19.8 Å². The average Bonchev–Trinajstić information content (AvgIpc) is 2.85. The standard InChI is InChI=1S/C16H20N4O2/c1-2-8-19-10-5-16(15(19)22)4-3-9-20(12-16)14(21)13-11-17-6-7-18-13/h2,6-7,11H,1,3-5,8-10,12H2/t16-/m1/s1. The minimum absolute atomic E-state index is 0.137. The lowest BCUT2D eigenvalue weighted by Crippen LogP contribution is -2.50. The summed E-state index contributed by atoms with van der Waals surface area (Å²) in [6, 6.07) is 0. The van der Waals surface area contributed by atoms with Gasteiger partial charge >= 0.3 is 0 Å². The molecule has 0 unspecified atom stereocenters. The molecule has 0 bridgehead atoms. The summed E-state index contributed by atoms with van der Waals surface area (Å²) in [6.07, 6.45) is 8.79. The zero-order valence-electron chi connectivity index (χ0n) is 12.6. The van der Waals surface area contributed by atoms with Gasteiger partial charge in [-0.05, 0) is 19.3 Å². The fraction of sp³-hybridized carbons (Fsp3) is 0.500. The molecule has 2 fully saturated rings. The van der Waals surface area contributed by atoms with Gasteiger partial charge in [0, 0.05) is 38.6 Å². The molecule has 2 aliphatic heterocycles. The Balaban J connectivity index is 1.76. The van der Waals surface area contributed by atoms with Gasteiger partial charge in [0.25, 0.3) is 5.91 Å². The van der Waals surface area contributed by atoms with E-state index in [2.05, 4.69) is 16.5 Å². The van der Waals surface area contributed by atoms with E-state index in [0.29, 0.717) is 25.3 Å². The Kier molecular flexibility index (Phi) is 3.92. The SMILES string of the molecule is C=CCN1CC[C@@]2(CCCN(C(=O)c3cnccn3)C2)C1=O. The van der Waals surface area contributed by atoms with E-state index < -0.39 is 5.41 Å². The van der Waals surface area contributed by atoms with Gasteiger partial charge < -0.3 is 9.80 Å². The molecule has 3 heterocycles. The summed E-state index contributed by atoms with van der Waals surface area (Å²) in [4.78, 5) is 36.8. The number of amides is 2. The number of carbonyl (C=O) groups excluding carboxylic acids is 2. The van der Waals surface area contributed by atoms with Gasteiger partial charge in [0.1, 0.15) is 5.69 Å². The van der Waals surface area contributed by atoms with E-state index in [1.807, 2.05) is 4.90 Å². The monoisotopic (exact) mass is 300 g/mol. The molecule has 1 spiro atoms. The first-order chi connectivity index (χ1) is 10.7. The minimum Gasteiger partial charge on any atom is -0.338 e. The van der Waals surface area contributed by atoms with Gasteiger partial charge in [0.05, 0.1) is 11.6 Å². The number of carbonyl (C=O) groups is 2. The Morgan fingerprint density at radius 2 is 2.23 bits per heavy atom. The number of likely N-dealkylation sites (tertiary alicyclic amines) is 2. The highest BCUT2D eigenvalue weighted by Gasteiger charge is 2.49. The van der Waals surface area contributed by atoms with Gasteiger partial charge in [-0.25, -0.2) is 4.98 Å². The fourth-order valence-corrected chi connectivity index (χ4v) is 3.48. The molecule has 116 valence electrons. The van der Waals surface area contributed by atoms with Crippen molar-refractivity contribution in [2.75, 3.05) is 26.2 Å². The molecule has 0 saturated carbocycles. The molecule has 1 aromatic rings. The van der Waals surface area contributed by atoms with Crippen LogP contribution in [0.15, 0.2) is 31.2 Å². The average molecular weight is 300 g/mol. The Morgan fingerprint density at radius 1 is 1.36 bits per heavy atom. The molecule has 1 atom stereocenters. The molecule has 0 aromatic carbocycles. The molecule has 1 aromatic heterocycles. The molecule has 2 amide bonds. The van der Waals surface area contributed by atoms with Crippen LogP contribution < -0.4 is 0 Å². The quantitative estimate of drug-likeness (QED) is 0.785. The Morgan fingerprint density at radius 3 is 2.95 bits per heavy atom. The smallest absolute Gasteiger partial charge is 0.274 e. The van der Waals surface area contributed by atoms with Crippen LogP contribution in [0.1, 0.15) is 29.8 Å². The van der Waals surface area contributed by atoms with Gasteiger partial charge in [-0.3, -0.25) is 14.6 Å². The maximum atomic E-state index is 12.7. The molecular weight excluding hydrogens is 280 g/mol. The predicted molar refractivity (Wildman–Crippen MR) is 81.0 cm³/mol. The number of aromatic nitrogens is 2. The molecule has 0 N–H and O–H groups in total. The second kappa shape index (κ2) is 5.87. The molecule has 22 heavy (non-hydrogen) atoms. The van der Waals surface area contributed by atoms with E-state index in [1.165, 1.54) is 12.4 Å². The van der Waals surface area contributed by atoms with Crippen molar-refractivity contribution >= 4 is 11.8 Å². The first-order valence-electron chi connectivity index (χ1n) is 7.62. The van der Waals surface area contributed by atoms with Gasteiger partial charge in [0.2, 0.25) is 5.91 Å². The third kappa shape index (κ3) is 2.49. The summed E-state index contributed by atoms with van der Waals surface area (Å²) in [5.74, 6) is 0.0196. The van der Waals surface area contributed by atoms with Crippen LogP contribution in [0.4, 0.5) is 0 Å². The number of hydrogen-bond donors (Lipinski definition) is 0. The van der Waals surface area contributed by atoms with E-state index >= 15 is 0 Å². The zero-order valence-corrected chi connectivity index (χ0v) is 12.6. The Hall–Kier alpha value is -2.24. The number of piperidine rings is 1. The highest BCUT2D eigenvalue weighted by Crippen LogP contribution is 2.40. The van der Waals surface area contributed by atoms with Crippen LogP contribution in [0.25, 0.3) is 0 Å². The topological polar surface area (TPSA) is 66.4 Å². The highest BCUT2D eigenvalue weighted by atomic mass is 16.2. The first kappa shape index (κ1) is 14.7. The van der Waals surface area contributed by atoms with Crippen molar-refractivity contribution < 1.29 is 9.59 Å². The summed E-state index contributed by atoms with van der Waals surface area (Å²) in [6.45, 7) is 6.19. The van der Waals surface area contributed by atoms with Crippen molar-refractivity contribution in [2.45, 2.75) is 19.3 Å². The van der Waals surface area contributed by atoms with E-state index in [-0.39, 0.29) is 11.8 Å². The maximum Gasteiger partial charge on any atom is 0.274 e. The van der Waals surface area contributed by atoms with E-state index in [1.54, 1.807) is 17.2 Å². The Bertz CT molecular complexity index is 589. The highest BCUT2D eigenvalue weighted by molar-refractivity contribution is 5.93. The summed E-state index contributed by atoms with van der Waals surface area (Å²) in [7, 11) is 0. The van der Waals surface area contributed by atoms with Crippen molar-refractivity contribution in [3.63, 3.8) is 0 Å². The lowest BCUT2D eigenvalue weighted by Gasteiger charge is -2.38. The molecule has 0 aliphatic carbocycles. The summed E-state index contributed by atoms with van der Waals surface area (Å²) in [5, 5.41) is 0. The maximum absolute atomic E-state index is 12.7. The van der Waals surface area contributed by atoms with Crippen molar-refractivity contribution in [2.24, 2.45) is 5.41 Å². The summed E-state index contributed by atoms with van der Waals surface area (Å²) in [5.41, 5.74) is -0.0768. The largest absolute Gasteiger partial charge is 0.338 e. The van der Waals surface area contributed by atoms with Gasteiger partial charge in [0.15, 0.2) is 0 Å². The van der Waals surface area contributed by atoms with E-state index in [9.17, 15) is 9.59 Å². The lowest BCUT2D eigenvalue weighted by atomic mass is 9.78. The minimum atomic E-state index is -0.418. The van der Waals surface area contributed by atoms with Crippen LogP contribution in [0.2, 0.25) is 0 Å². The zero-order chi connectivity index (χ0) is 15.6. The third-order valence-electron chi connectivity index (χ3n) is 4.60. The number of rotatable bonds is 3. The second-order valence-electron chi connectivity index (χ2n) is 5.99.